The van der Waals surface area contributed by atoms with E-state index in [1.807, 2.05) is 0 Å². The Bertz CT molecular complexity index is 503. The van der Waals surface area contributed by atoms with Crippen molar-refractivity contribution in [2.24, 2.45) is 0 Å². The van der Waals surface area contributed by atoms with Gasteiger partial charge in [0.2, 0.25) is 10.0 Å². The maximum Gasteiger partial charge on any atom is 0.242 e. The normalized spacial score (nSPS) is 12.8. The molecular formula is C11H14N2O2S. The summed E-state index contributed by atoms with van der Waals surface area (Å²) in [6, 6.07) is 6.39. The largest absolute Gasteiger partial charge is 0.371 e. The number of anilines is 1. The van der Waals surface area contributed by atoms with Crippen LogP contribution < -0.4 is 10.0 Å². The van der Waals surface area contributed by atoms with Gasteiger partial charge in [0, 0.05) is 0 Å². The Hall–Kier alpha value is -1.51. The number of nitrogens with one attached hydrogen (secondary N) is 2. The smallest absolute Gasteiger partial charge is 0.242 e. The Labute approximate surface area is 96.1 Å². The highest BCUT2D eigenvalue weighted by molar-refractivity contribution is 7.89. The van der Waals surface area contributed by atoms with Gasteiger partial charge in [0.15, 0.2) is 0 Å². The number of benzene rings is 1. The molecule has 0 saturated heterocycles. The van der Waals surface area contributed by atoms with E-state index >= 15 is 0 Å². The molecule has 1 unspecified atom stereocenters. The van der Waals surface area contributed by atoms with Crippen LogP contribution in [0.4, 0.5) is 5.69 Å². The quantitative estimate of drug-likeness (QED) is 0.770. The number of terminal acetylenes is 1. The molecule has 1 aromatic rings. The molecule has 1 atom stereocenters. The summed E-state index contributed by atoms with van der Waals surface area (Å²) in [7, 11) is -2.09. The van der Waals surface area contributed by atoms with Crippen LogP contribution in [0.2, 0.25) is 0 Å². The minimum absolute atomic E-state index is 0.194. The highest BCUT2D eigenvalue weighted by atomic mass is 32.2. The number of sulfonamides is 1. The summed E-state index contributed by atoms with van der Waals surface area (Å²) < 4.78 is 25.6. The molecule has 0 amide bonds. The van der Waals surface area contributed by atoms with Crippen LogP contribution in [0.5, 0.6) is 0 Å². The molecule has 0 saturated carbocycles. The van der Waals surface area contributed by atoms with Gasteiger partial charge in [-0.15, -0.1) is 6.42 Å². The SMILES string of the molecule is C#CC(C)Nc1ccccc1S(=O)(=O)NC. The van der Waals surface area contributed by atoms with Crippen molar-refractivity contribution in [1.82, 2.24) is 4.72 Å². The zero-order valence-corrected chi connectivity index (χ0v) is 10.0. The summed E-state index contributed by atoms with van der Waals surface area (Å²) in [5, 5.41) is 2.95. The maximum absolute atomic E-state index is 11.7. The van der Waals surface area contributed by atoms with Crippen LogP contribution in [0.1, 0.15) is 6.92 Å². The first kappa shape index (κ1) is 12.6. The van der Waals surface area contributed by atoms with E-state index in [4.69, 9.17) is 6.42 Å². The summed E-state index contributed by atoms with van der Waals surface area (Å²) >= 11 is 0. The van der Waals surface area contributed by atoms with Crippen LogP contribution in [0.25, 0.3) is 0 Å². The van der Waals surface area contributed by atoms with Gasteiger partial charge in [0.25, 0.3) is 0 Å². The van der Waals surface area contributed by atoms with Crippen molar-refractivity contribution in [3.63, 3.8) is 0 Å². The minimum atomic E-state index is -3.46. The topological polar surface area (TPSA) is 58.2 Å². The maximum atomic E-state index is 11.7. The molecule has 0 aromatic heterocycles. The first-order valence-corrected chi connectivity index (χ1v) is 6.25. The van der Waals surface area contributed by atoms with E-state index in [0.717, 1.165) is 0 Å². The summed E-state index contributed by atoms with van der Waals surface area (Å²) in [6.45, 7) is 1.78. The summed E-state index contributed by atoms with van der Waals surface area (Å²) in [5.74, 6) is 2.48. The highest BCUT2D eigenvalue weighted by Gasteiger charge is 2.16. The summed E-state index contributed by atoms with van der Waals surface area (Å²) in [6.07, 6.45) is 5.23. The lowest BCUT2D eigenvalue weighted by Crippen LogP contribution is -2.22. The Balaban J connectivity index is 3.17. The number of para-hydroxylation sites is 1. The standard InChI is InChI=1S/C11H14N2O2S/c1-4-9(2)13-10-7-5-6-8-11(10)16(14,15)12-3/h1,5-9,12-13H,2-3H3. The van der Waals surface area contributed by atoms with Crippen molar-refractivity contribution < 1.29 is 8.42 Å². The monoisotopic (exact) mass is 238 g/mol. The van der Waals surface area contributed by atoms with E-state index in [0.29, 0.717) is 5.69 Å². The Kier molecular flexibility index (Phi) is 3.93. The number of rotatable bonds is 4. The summed E-state index contributed by atoms with van der Waals surface area (Å²) in [4.78, 5) is 0.194. The summed E-state index contributed by atoms with van der Waals surface area (Å²) in [5.41, 5.74) is 0.502. The average Bonchev–Trinajstić information content (AvgIpc) is 2.29. The van der Waals surface area contributed by atoms with Crippen molar-refractivity contribution in [2.75, 3.05) is 12.4 Å². The predicted molar refractivity (Wildman–Crippen MR) is 64.6 cm³/mol. The van der Waals surface area contributed by atoms with E-state index in [1.165, 1.54) is 13.1 Å². The van der Waals surface area contributed by atoms with Gasteiger partial charge < -0.3 is 5.32 Å². The second kappa shape index (κ2) is 5.01. The molecule has 2 N–H and O–H groups in total. The van der Waals surface area contributed by atoms with Crippen molar-refractivity contribution in [3.8, 4) is 12.3 Å². The van der Waals surface area contributed by atoms with Gasteiger partial charge in [-0.25, -0.2) is 13.1 Å². The van der Waals surface area contributed by atoms with E-state index in [2.05, 4.69) is 16.0 Å². The lowest BCUT2D eigenvalue weighted by Gasteiger charge is -2.13. The highest BCUT2D eigenvalue weighted by Crippen LogP contribution is 2.20. The molecule has 4 nitrogen and oxygen atoms in total. The Morgan fingerprint density at radius 1 is 1.38 bits per heavy atom. The van der Waals surface area contributed by atoms with Gasteiger partial charge >= 0.3 is 0 Å². The van der Waals surface area contributed by atoms with Crippen molar-refractivity contribution in [1.29, 1.82) is 0 Å². The fraction of sp³-hybridized carbons (Fsp3) is 0.273. The third-order valence-corrected chi connectivity index (χ3v) is 3.54. The van der Waals surface area contributed by atoms with Gasteiger partial charge in [-0.2, -0.15) is 0 Å². The molecule has 0 bridgehead atoms. The molecule has 0 aliphatic rings. The van der Waals surface area contributed by atoms with E-state index < -0.39 is 10.0 Å². The van der Waals surface area contributed by atoms with Gasteiger partial charge in [-0.3, -0.25) is 0 Å². The molecule has 0 heterocycles. The molecule has 16 heavy (non-hydrogen) atoms. The molecule has 0 aliphatic carbocycles. The van der Waals surface area contributed by atoms with E-state index in [9.17, 15) is 8.42 Å². The molecule has 0 fully saturated rings. The number of hydrogen-bond acceptors (Lipinski definition) is 3. The lowest BCUT2D eigenvalue weighted by molar-refractivity contribution is 0.588. The molecule has 5 heteroatoms. The first-order chi connectivity index (χ1) is 7.51. The van der Waals surface area contributed by atoms with Crippen LogP contribution in [0, 0.1) is 12.3 Å². The third-order valence-electron chi connectivity index (χ3n) is 2.07. The third kappa shape index (κ3) is 2.75. The molecule has 0 aliphatic heterocycles. The number of hydrogen-bond donors (Lipinski definition) is 2. The second-order valence-electron chi connectivity index (χ2n) is 3.24. The average molecular weight is 238 g/mol. The van der Waals surface area contributed by atoms with Crippen LogP contribution in [0.15, 0.2) is 29.2 Å². The molecular weight excluding hydrogens is 224 g/mol. The predicted octanol–water partition coefficient (Wildman–Crippen LogP) is 1.03. The van der Waals surface area contributed by atoms with Crippen molar-refractivity contribution >= 4 is 15.7 Å². The Morgan fingerprint density at radius 2 is 2.00 bits per heavy atom. The fourth-order valence-electron chi connectivity index (χ4n) is 1.21. The minimum Gasteiger partial charge on any atom is -0.371 e. The zero-order chi connectivity index (χ0) is 12.2. The van der Waals surface area contributed by atoms with Crippen LogP contribution in [-0.4, -0.2) is 21.5 Å². The molecule has 0 radical (unpaired) electrons. The van der Waals surface area contributed by atoms with Crippen LogP contribution in [-0.2, 0) is 10.0 Å². The van der Waals surface area contributed by atoms with Gasteiger partial charge in [0.1, 0.15) is 4.90 Å². The molecule has 0 spiro atoms. The molecule has 1 aromatic carbocycles. The molecule has 86 valence electrons. The Morgan fingerprint density at radius 3 is 2.56 bits per heavy atom. The first-order valence-electron chi connectivity index (χ1n) is 4.76. The van der Waals surface area contributed by atoms with Gasteiger partial charge in [0.05, 0.1) is 11.7 Å². The van der Waals surface area contributed by atoms with Gasteiger partial charge in [-0.1, -0.05) is 18.1 Å². The fourth-order valence-corrected chi connectivity index (χ4v) is 2.10. The molecule has 1 rings (SSSR count). The van der Waals surface area contributed by atoms with Crippen LogP contribution >= 0.6 is 0 Å². The van der Waals surface area contributed by atoms with E-state index in [1.54, 1.807) is 25.1 Å². The van der Waals surface area contributed by atoms with Crippen molar-refractivity contribution in [2.45, 2.75) is 17.9 Å². The van der Waals surface area contributed by atoms with Crippen LogP contribution in [0.3, 0.4) is 0 Å². The zero-order valence-electron chi connectivity index (χ0n) is 9.19. The van der Waals surface area contributed by atoms with E-state index in [-0.39, 0.29) is 10.9 Å². The van der Waals surface area contributed by atoms with Gasteiger partial charge in [-0.05, 0) is 26.1 Å². The van der Waals surface area contributed by atoms with Crippen molar-refractivity contribution in [3.05, 3.63) is 24.3 Å². The lowest BCUT2D eigenvalue weighted by atomic mass is 10.3. The second-order valence-corrected chi connectivity index (χ2v) is 5.09.